The van der Waals surface area contributed by atoms with Crippen molar-refractivity contribution in [2.45, 2.75) is 32.6 Å². The molecule has 1 aliphatic carbocycles. The van der Waals surface area contributed by atoms with Crippen molar-refractivity contribution in [3.05, 3.63) is 42.1 Å². The summed E-state index contributed by atoms with van der Waals surface area (Å²) in [5, 5.41) is 10.6. The number of hydrogen-bond donors (Lipinski definition) is 1. The molecular weight excluding hydrogens is 262 g/mol. The lowest BCUT2D eigenvalue weighted by Gasteiger charge is -2.32. The van der Waals surface area contributed by atoms with E-state index < -0.39 is 5.97 Å². The Morgan fingerprint density at radius 2 is 2.05 bits per heavy atom. The van der Waals surface area contributed by atoms with E-state index in [1.165, 1.54) is 0 Å². The molecule has 0 spiro atoms. The molecule has 3 unspecified atom stereocenters. The molecule has 3 nitrogen and oxygen atoms in total. The van der Waals surface area contributed by atoms with Gasteiger partial charge in [0.2, 0.25) is 0 Å². The first-order valence-corrected chi connectivity index (χ1v) is 7.71. The Bertz CT molecular complexity index is 652. The maximum Gasteiger partial charge on any atom is 0.306 e. The molecule has 1 N–H and O–H groups in total. The summed E-state index contributed by atoms with van der Waals surface area (Å²) in [4.78, 5) is 16.1. The van der Waals surface area contributed by atoms with Crippen molar-refractivity contribution in [2.75, 3.05) is 0 Å². The molecule has 110 valence electrons. The lowest BCUT2D eigenvalue weighted by molar-refractivity contribution is -0.145. The van der Waals surface area contributed by atoms with E-state index in [2.05, 4.69) is 19.1 Å². The van der Waals surface area contributed by atoms with Crippen molar-refractivity contribution < 1.29 is 9.90 Å². The molecule has 3 rings (SSSR count). The van der Waals surface area contributed by atoms with Crippen LogP contribution in [-0.4, -0.2) is 16.1 Å². The van der Waals surface area contributed by atoms with Crippen molar-refractivity contribution in [2.24, 2.45) is 17.8 Å². The van der Waals surface area contributed by atoms with E-state index in [1.54, 1.807) is 0 Å². The first kappa shape index (κ1) is 14.1. The lowest BCUT2D eigenvalue weighted by atomic mass is 9.73. The van der Waals surface area contributed by atoms with Gasteiger partial charge in [-0.15, -0.1) is 0 Å². The molecule has 1 aromatic carbocycles. The zero-order chi connectivity index (χ0) is 14.8. The first-order valence-electron chi connectivity index (χ1n) is 7.71. The third-order valence-electron chi connectivity index (χ3n) is 4.69. The lowest BCUT2D eigenvalue weighted by Crippen LogP contribution is -2.31. The molecule has 1 fully saturated rings. The summed E-state index contributed by atoms with van der Waals surface area (Å²) in [6.45, 7) is 2.22. The van der Waals surface area contributed by atoms with Crippen LogP contribution in [0, 0.1) is 17.8 Å². The van der Waals surface area contributed by atoms with Crippen molar-refractivity contribution in [1.29, 1.82) is 0 Å². The quantitative estimate of drug-likeness (QED) is 0.929. The summed E-state index contributed by atoms with van der Waals surface area (Å²) >= 11 is 0. The van der Waals surface area contributed by atoms with Crippen LogP contribution in [0.2, 0.25) is 0 Å². The topological polar surface area (TPSA) is 50.2 Å². The number of carboxylic acids is 1. The smallest absolute Gasteiger partial charge is 0.306 e. The van der Waals surface area contributed by atoms with Gasteiger partial charge in [-0.25, -0.2) is 0 Å². The predicted octanol–water partition coefficient (Wildman–Crippen LogP) is 3.91. The molecule has 21 heavy (non-hydrogen) atoms. The predicted molar refractivity (Wildman–Crippen MR) is 83.1 cm³/mol. The monoisotopic (exact) mass is 283 g/mol. The largest absolute Gasteiger partial charge is 0.481 e. The second kappa shape index (κ2) is 5.84. The molecule has 3 heteroatoms. The van der Waals surface area contributed by atoms with Gasteiger partial charge < -0.3 is 5.11 Å². The molecule has 0 saturated heterocycles. The SMILES string of the molecule is CC1CCC(C(=O)O)C(Cc2ccc3ccccc3n2)C1. The molecular formula is C18H21NO2. The molecule has 0 aliphatic heterocycles. The summed E-state index contributed by atoms with van der Waals surface area (Å²) in [7, 11) is 0. The molecule has 3 atom stereocenters. The number of carboxylic acid groups (broad SMARTS) is 1. The van der Waals surface area contributed by atoms with Crippen LogP contribution < -0.4 is 0 Å². The maximum absolute atomic E-state index is 11.5. The fraction of sp³-hybridized carbons (Fsp3) is 0.444. The number of rotatable bonds is 3. The van der Waals surface area contributed by atoms with Crippen molar-refractivity contribution in [3.63, 3.8) is 0 Å². The van der Waals surface area contributed by atoms with Crippen LogP contribution in [0.25, 0.3) is 10.9 Å². The van der Waals surface area contributed by atoms with Gasteiger partial charge in [0.25, 0.3) is 0 Å². The van der Waals surface area contributed by atoms with Crippen LogP contribution in [0.15, 0.2) is 36.4 Å². The second-order valence-corrected chi connectivity index (χ2v) is 6.32. The molecule has 1 saturated carbocycles. The van der Waals surface area contributed by atoms with Gasteiger partial charge in [-0.1, -0.05) is 31.2 Å². The minimum atomic E-state index is -0.646. The maximum atomic E-state index is 11.5. The van der Waals surface area contributed by atoms with Gasteiger partial charge >= 0.3 is 5.97 Å². The van der Waals surface area contributed by atoms with E-state index in [-0.39, 0.29) is 11.8 Å². The Labute approximate surface area is 125 Å². The summed E-state index contributed by atoms with van der Waals surface area (Å²) in [5.41, 5.74) is 2.00. The van der Waals surface area contributed by atoms with Crippen LogP contribution in [0.1, 0.15) is 31.9 Å². The van der Waals surface area contributed by atoms with Crippen molar-refractivity contribution in [1.82, 2.24) is 4.98 Å². The van der Waals surface area contributed by atoms with Gasteiger partial charge in [-0.05, 0) is 49.7 Å². The van der Waals surface area contributed by atoms with Crippen LogP contribution in [-0.2, 0) is 11.2 Å². The third kappa shape index (κ3) is 3.07. The first-order chi connectivity index (χ1) is 10.1. The van der Waals surface area contributed by atoms with E-state index in [1.807, 2.05) is 24.3 Å². The second-order valence-electron chi connectivity index (χ2n) is 6.32. The van der Waals surface area contributed by atoms with Gasteiger partial charge in [0.05, 0.1) is 11.4 Å². The highest BCUT2D eigenvalue weighted by atomic mass is 16.4. The van der Waals surface area contributed by atoms with Gasteiger partial charge in [-0.2, -0.15) is 0 Å². The number of nitrogens with zero attached hydrogens (tertiary/aromatic N) is 1. The van der Waals surface area contributed by atoms with Crippen LogP contribution in [0.5, 0.6) is 0 Å². The Kier molecular flexibility index (Phi) is 3.91. The van der Waals surface area contributed by atoms with E-state index >= 15 is 0 Å². The zero-order valence-electron chi connectivity index (χ0n) is 12.3. The van der Waals surface area contributed by atoms with Crippen LogP contribution >= 0.6 is 0 Å². The summed E-state index contributed by atoms with van der Waals surface area (Å²) in [6, 6.07) is 12.2. The minimum Gasteiger partial charge on any atom is -0.481 e. The Hall–Kier alpha value is -1.90. The molecule has 2 aromatic rings. The number of benzene rings is 1. The number of pyridine rings is 1. The highest BCUT2D eigenvalue weighted by Gasteiger charge is 2.33. The van der Waals surface area contributed by atoms with Gasteiger partial charge in [-0.3, -0.25) is 9.78 Å². The van der Waals surface area contributed by atoms with Gasteiger partial charge in [0.15, 0.2) is 0 Å². The van der Waals surface area contributed by atoms with E-state index in [0.717, 1.165) is 42.3 Å². The molecule has 1 aromatic heterocycles. The standard InChI is InChI=1S/C18H21NO2/c1-12-6-9-16(18(20)21)14(10-12)11-15-8-7-13-4-2-3-5-17(13)19-15/h2-5,7-8,12,14,16H,6,9-11H2,1H3,(H,20,21). The zero-order valence-corrected chi connectivity index (χ0v) is 12.3. The summed E-state index contributed by atoms with van der Waals surface area (Å²) < 4.78 is 0. The van der Waals surface area contributed by atoms with Crippen molar-refractivity contribution >= 4 is 16.9 Å². The number of aromatic nitrogens is 1. The molecule has 0 radical (unpaired) electrons. The molecule has 0 bridgehead atoms. The number of fused-ring (bicyclic) bond motifs is 1. The highest BCUT2D eigenvalue weighted by Crippen LogP contribution is 2.36. The summed E-state index contributed by atoms with van der Waals surface area (Å²) in [6.07, 6.45) is 3.59. The fourth-order valence-corrected chi connectivity index (χ4v) is 3.54. The Balaban J connectivity index is 1.83. The van der Waals surface area contributed by atoms with E-state index in [0.29, 0.717) is 5.92 Å². The van der Waals surface area contributed by atoms with Crippen molar-refractivity contribution in [3.8, 4) is 0 Å². The number of carbonyl (C=O) groups is 1. The average molecular weight is 283 g/mol. The van der Waals surface area contributed by atoms with E-state index in [9.17, 15) is 9.90 Å². The number of para-hydroxylation sites is 1. The fourth-order valence-electron chi connectivity index (χ4n) is 3.54. The Morgan fingerprint density at radius 3 is 2.86 bits per heavy atom. The summed E-state index contributed by atoms with van der Waals surface area (Å²) in [5.74, 6) is -0.0341. The number of hydrogen-bond acceptors (Lipinski definition) is 2. The van der Waals surface area contributed by atoms with Crippen LogP contribution in [0.4, 0.5) is 0 Å². The van der Waals surface area contributed by atoms with E-state index in [4.69, 9.17) is 4.98 Å². The molecule has 1 aliphatic rings. The van der Waals surface area contributed by atoms with Gasteiger partial charge in [0.1, 0.15) is 0 Å². The molecule has 0 amide bonds. The van der Waals surface area contributed by atoms with Gasteiger partial charge in [0, 0.05) is 11.1 Å². The minimum absolute atomic E-state index is 0.208. The Morgan fingerprint density at radius 1 is 1.24 bits per heavy atom. The van der Waals surface area contributed by atoms with Crippen LogP contribution in [0.3, 0.4) is 0 Å². The normalized spacial score (nSPS) is 25.9. The molecule has 1 heterocycles. The number of aliphatic carboxylic acids is 1. The third-order valence-corrected chi connectivity index (χ3v) is 4.69. The highest BCUT2D eigenvalue weighted by molar-refractivity contribution is 5.78. The average Bonchev–Trinajstić information content (AvgIpc) is 2.47.